The van der Waals surface area contributed by atoms with Crippen molar-refractivity contribution in [1.29, 1.82) is 0 Å². The molecule has 10 rings (SSSR count). The largest absolute Gasteiger partial charge is 0.512 e. The fourth-order valence-electron chi connectivity index (χ4n) is 8.81. The van der Waals surface area contributed by atoms with Crippen molar-refractivity contribution in [2.24, 2.45) is 0 Å². The number of benzene rings is 5. The summed E-state index contributed by atoms with van der Waals surface area (Å²) in [7, 11) is 0. The highest BCUT2D eigenvalue weighted by Crippen LogP contribution is 2.48. The van der Waals surface area contributed by atoms with Crippen LogP contribution in [0.15, 0.2) is 103 Å². The zero-order valence-corrected chi connectivity index (χ0v) is 35.6. The zero-order valence-electron chi connectivity index (χ0n) is 35.6. The van der Waals surface area contributed by atoms with Crippen molar-refractivity contribution >= 4 is 56.0 Å². The predicted molar refractivity (Wildman–Crippen MR) is 238 cm³/mol. The summed E-state index contributed by atoms with van der Waals surface area (Å²) in [4.78, 5) is 59.4. The van der Waals surface area contributed by atoms with Crippen molar-refractivity contribution in [3.63, 3.8) is 0 Å². The highest BCUT2D eigenvalue weighted by molar-refractivity contribution is 6.04. The maximum absolute atomic E-state index is 12.5. The number of carbonyl (C=O) groups excluding carboxylic acids is 3. The molecule has 3 aliphatic carbocycles. The molecule has 0 bridgehead atoms. The molecule has 3 N–H and O–H groups in total. The second-order valence-corrected chi connectivity index (χ2v) is 16.4. The van der Waals surface area contributed by atoms with Gasteiger partial charge in [0, 0.05) is 52.6 Å². The van der Waals surface area contributed by atoms with Gasteiger partial charge in [0.2, 0.25) is 5.79 Å². The van der Waals surface area contributed by atoms with E-state index in [9.17, 15) is 39.3 Å². The summed E-state index contributed by atoms with van der Waals surface area (Å²) in [5.74, 6) is 2.24. The van der Waals surface area contributed by atoms with Crippen LogP contribution in [-0.4, -0.2) is 38.5 Å². The van der Waals surface area contributed by atoms with Crippen molar-refractivity contribution in [2.45, 2.75) is 79.4 Å². The number of aryl methyl sites for hydroxylation is 1. The topological polar surface area (TPSA) is 191 Å². The fourth-order valence-corrected chi connectivity index (χ4v) is 8.81. The number of hydrogen-bond acceptors (Lipinski definition) is 12. The van der Waals surface area contributed by atoms with E-state index in [-0.39, 0.29) is 59.0 Å². The van der Waals surface area contributed by atoms with Gasteiger partial charge in [-0.2, -0.15) is 0 Å². The zero-order chi connectivity index (χ0) is 45.1. The van der Waals surface area contributed by atoms with Crippen molar-refractivity contribution in [3.05, 3.63) is 144 Å². The molecule has 0 amide bonds. The lowest BCUT2D eigenvalue weighted by Gasteiger charge is -2.34. The maximum Gasteiger partial charge on any atom is 0.212 e. The number of fused-ring (bicyclic) bond motifs is 2. The van der Waals surface area contributed by atoms with Gasteiger partial charge >= 0.3 is 0 Å². The average molecular weight is 849 g/mol. The lowest BCUT2D eigenvalue weighted by Crippen LogP contribution is -2.39. The molecule has 0 spiro atoms. The van der Waals surface area contributed by atoms with Gasteiger partial charge in [-0.1, -0.05) is 42.5 Å². The molecule has 0 fully saturated rings. The first-order chi connectivity index (χ1) is 29.9. The lowest BCUT2D eigenvalue weighted by atomic mass is 9.82. The molecule has 12 heteroatoms. The highest BCUT2D eigenvalue weighted by Gasteiger charge is 2.39. The summed E-state index contributed by atoms with van der Waals surface area (Å²) < 4.78 is 22.8. The van der Waals surface area contributed by atoms with Gasteiger partial charge in [0.05, 0.1) is 35.3 Å². The number of rotatable bonds is 4. The van der Waals surface area contributed by atoms with E-state index in [1.54, 1.807) is 18.2 Å². The van der Waals surface area contributed by atoms with Crippen LogP contribution in [0, 0.1) is 6.92 Å². The van der Waals surface area contributed by atoms with Gasteiger partial charge < -0.3 is 33.6 Å². The van der Waals surface area contributed by atoms with Crippen molar-refractivity contribution in [3.8, 4) is 34.1 Å². The third-order valence-corrected chi connectivity index (χ3v) is 11.1. The minimum atomic E-state index is -1.51. The summed E-state index contributed by atoms with van der Waals surface area (Å²) in [5, 5.41) is 33.5. The Balaban J connectivity index is 0.000000131. The number of ether oxygens (including phenoxy) is 2. The van der Waals surface area contributed by atoms with Crippen LogP contribution in [0.2, 0.25) is 0 Å². The number of aliphatic hydroxyl groups excluding tert-OH is 2. The summed E-state index contributed by atoms with van der Waals surface area (Å²) in [6.07, 6.45) is 5.88. The maximum atomic E-state index is 12.5. The fraction of sp³-hybridized carbons (Fsp3) is 0.235. The lowest BCUT2D eigenvalue weighted by molar-refractivity contribution is -0.123. The number of Topliss-reactive ketones (excluding diaryl/α,β-unsaturated/α-hetero) is 3. The van der Waals surface area contributed by atoms with Gasteiger partial charge in [0.15, 0.2) is 16.6 Å². The molecule has 0 aromatic heterocycles. The number of allylic oxidation sites excluding steroid dienone is 4. The van der Waals surface area contributed by atoms with E-state index in [1.807, 2.05) is 49.4 Å². The van der Waals surface area contributed by atoms with Gasteiger partial charge in [-0.25, -0.2) is 0 Å². The molecular formula is C51H44O12. The Labute approximate surface area is 360 Å². The standard InChI is InChI=1S/C19H18O5.C17H14O4.C15H12O3/c1-10(20)6-12-7-11-4-3-5-13-17(11)15(23-12)8-16-18(13)14(21)9-19(2,22)24-16;1-9(18)6-12-7-11-4-3-5-13-16(10(2)19)14(20)8-15(21-12)17(11)13;1-8-6-10-4-3-5-11-14(9(2)16)12(17)7-13(18-8)15(10)11/h4,7-8,22H,3,5-6,9H2,1-2H3;3-5,7-8,19H,6H2,1-2H3;3-7,16H,1-2H3/t19-;;/m0../s1. The number of aliphatic hydroxyl groups is 3. The van der Waals surface area contributed by atoms with Gasteiger partial charge in [0.25, 0.3) is 0 Å². The molecule has 3 aromatic rings. The molecule has 4 aliphatic heterocycles. The van der Waals surface area contributed by atoms with Crippen LogP contribution < -0.4 is 30.8 Å². The van der Waals surface area contributed by atoms with Crippen molar-refractivity contribution in [2.75, 3.05) is 0 Å². The van der Waals surface area contributed by atoms with Gasteiger partial charge in [-0.05, 0) is 87.6 Å². The quantitative estimate of drug-likeness (QED) is 0.155. The molecule has 63 heavy (non-hydrogen) atoms. The molecule has 7 aliphatic rings. The molecular weight excluding hydrogens is 805 g/mol. The predicted octanol–water partition coefficient (Wildman–Crippen LogP) is 7.99. The molecule has 1 atom stereocenters. The molecule has 4 heterocycles. The average Bonchev–Trinajstić information content (AvgIpc) is 3.16. The molecule has 320 valence electrons. The SMILES string of the molecule is CC(=O)CC1=CC2=CCCc3c4c(cc(c32)O1)O[C@](C)(O)CC4=O.CC(=O)Cc1cc2cccc3c2-c(cc(=O)c3=C(C)O)o1.CC(O)=c1c(=O)cc2oc(C)cc3cccc1c3-2. The Hall–Kier alpha value is -7.31. The summed E-state index contributed by atoms with van der Waals surface area (Å²) in [5.41, 5.74) is 4.52. The van der Waals surface area contributed by atoms with Gasteiger partial charge in [0.1, 0.15) is 63.4 Å². The van der Waals surface area contributed by atoms with E-state index in [2.05, 4.69) is 6.08 Å². The van der Waals surface area contributed by atoms with E-state index >= 15 is 0 Å². The molecule has 0 saturated heterocycles. The third-order valence-electron chi connectivity index (χ3n) is 11.1. The first kappa shape index (κ1) is 42.4. The third kappa shape index (κ3) is 8.13. The number of hydrogen-bond donors (Lipinski definition) is 3. The molecule has 3 aromatic carbocycles. The van der Waals surface area contributed by atoms with E-state index in [0.717, 1.165) is 62.6 Å². The van der Waals surface area contributed by atoms with Crippen molar-refractivity contribution in [1.82, 2.24) is 0 Å². The Morgan fingerprint density at radius 1 is 0.714 bits per heavy atom. The molecule has 0 saturated carbocycles. The van der Waals surface area contributed by atoms with Crippen LogP contribution >= 0.6 is 0 Å². The van der Waals surface area contributed by atoms with Crippen LogP contribution in [-0.2, 0) is 22.4 Å². The molecule has 0 radical (unpaired) electrons. The Bertz CT molecular complexity index is 3290. The second kappa shape index (κ2) is 16.2. The van der Waals surface area contributed by atoms with E-state index in [4.69, 9.17) is 18.3 Å². The summed E-state index contributed by atoms with van der Waals surface area (Å²) in [6.45, 7) is 9.36. The van der Waals surface area contributed by atoms with Gasteiger partial charge in [-0.3, -0.25) is 24.0 Å². The second-order valence-electron chi connectivity index (χ2n) is 16.4. The minimum absolute atomic E-state index is 0.00428. The number of ketones is 3. The van der Waals surface area contributed by atoms with E-state index < -0.39 is 5.79 Å². The van der Waals surface area contributed by atoms with Crippen LogP contribution in [0.5, 0.6) is 11.5 Å². The van der Waals surface area contributed by atoms with Crippen LogP contribution in [0.4, 0.5) is 0 Å². The molecule has 12 nitrogen and oxygen atoms in total. The summed E-state index contributed by atoms with van der Waals surface area (Å²) in [6, 6.07) is 19.4. The smallest absolute Gasteiger partial charge is 0.212 e. The normalized spacial score (nSPS) is 17.2. The Morgan fingerprint density at radius 2 is 1.30 bits per heavy atom. The van der Waals surface area contributed by atoms with Crippen LogP contribution in [0.25, 0.3) is 61.3 Å². The summed E-state index contributed by atoms with van der Waals surface area (Å²) >= 11 is 0. The number of carbonyl (C=O) groups is 3. The monoisotopic (exact) mass is 848 g/mol. The van der Waals surface area contributed by atoms with E-state index in [1.165, 1.54) is 46.8 Å². The Morgan fingerprint density at radius 3 is 1.89 bits per heavy atom. The van der Waals surface area contributed by atoms with Crippen molar-refractivity contribution < 1.29 is 48.0 Å². The first-order valence-corrected chi connectivity index (χ1v) is 20.4. The van der Waals surface area contributed by atoms with E-state index in [0.29, 0.717) is 55.9 Å². The molecule has 0 unspecified atom stereocenters. The first-order valence-electron chi connectivity index (χ1n) is 20.4. The Kier molecular flexibility index (Phi) is 10.9. The highest BCUT2D eigenvalue weighted by atomic mass is 16.6. The van der Waals surface area contributed by atoms with Gasteiger partial charge in [-0.15, -0.1) is 0 Å². The minimum Gasteiger partial charge on any atom is -0.512 e. The van der Waals surface area contributed by atoms with Crippen LogP contribution in [0.1, 0.15) is 86.9 Å². The van der Waals surface area contributed by atoms with Crippen LogP contribution in [0.3, 0.4) is 0 Å².